The van der Waals surface area contributed by atoms with Crippen molar-refractivity contribution in [2.45, 2.75) is 51.8 Å². The first-order chi connectivity index (χ1) is 13.7. The first-order valence-corrected chi connectivity index (χ1v) is 11.2. The minimum atomic E-state index is -0.307. The molecule has 2 N–H and O–H groups in total. The number of hydrogen-bond donors (Lipinski definition) is 2. The van der Waals surface area contributed by atoms with E-state index in [4.69, 9.17) is 0 Å². The van der Waals surface area contributed by atoms with Gasteiger partial charge in [-0.1, -0.05) is 32.0 Å². The second kappa shape index (κ2) is 8.95. The molecule has 0 fully saturated rings. The Hall–Kier alpha value is -1.40. The number of aromatic nitrogens is 1. The predicted molar refractivity (Wildman–Crippen MR) is 116 cm³/mol. The SMILES string of the molecule is CCN(CC)CCNCC(O)CN1CCn2c3c(c4ccccc42)CCCC31. The number of para-hydroxylation sites is 1. The van der Waals surface area contributed by atoms with Crippen LogP contribution in [0.5, 0.6) is 0 Å². The number of rotatable bonds is 9. The molecule has 2 heterocycles. The summed E-state index contributed by atoms with van der Waals surface area (Å²) in [5.74, 6) is 0. The largest absolute Gasteiger partial charge is 0.390 e. The second-order valence-electron chi connectivity index (χ2n) is 8.32. The molecule has 28 heavy (non-hydrogen) atoms. The first-order valence-electron chi connectivity index (χ1n) is 11.2. The molecule has 0 radical (unpaired) electrons. The number of hydrogen-bond acceptors (Lipinski definition) is 4. The van der Waals surface area contributed by atoms with Crippen LogP contribution in [-0.4, -0.2) is 71.4 Å². The van der Waals surface area contributed by atoms with Gasteiger partial charge in [0.25, 0.3) is 0 Å². The average Bonchev–Trinajstić information content (AvgIpc) is 3.06. The molecule has 4 rings (SSSR count). The summed E-state index contributed by atoms with van der Waals surface area (Å²) >= 11 is 0. The van der Waals surface area contributed by atoms with Crippen LogP contribution >= 0.6 is 0 Å². The van der Waals surface area contributed by atoms with Gasteiger partial charge >= 0.3 is 0 Å². The van der Waals surface area contributed by atoms with Crippen molar-refractivity contribution < 1.29 is 5.11 Å². The van der Waals surface area contributed by atoms with E-state index < -0.39 is 0 Å². The number of aliphatic hydroxyl groups excluding tert-OH is 1. The molecule has 2 aromatic rings. The molecule has 5 heteroatoms. The maximum Gasteiger partial charge on any atom is 0.0791 e. The Morgan fingerprint density at radius 2 is 2.04 bits per heavy atom. The van der Waals surface area contributed by atoms with Gasteiger partial charge in [0.15, 0.2) is 0 Å². The highest BCUT2D eigenvalue weighted by molar-refractivity contribution is 5.86. The number of fused-ring (bicyclic) bond motifs is 3. The van der Waals surface area contributed by atoms with Crippen molar-refractivity contribution >= 4 is 10.9 Å². The van der Waals surface area contributed by atoms with Gasteiger partial charge < -0.3 is 19.9 Å². The molecule has 0 spiro atoms. The summed E-state index contributed by atoms with van der Waals surface area (Å²) in [6, 6.07) is 9.36. The summed E-state index contributed by atoms with van der Waals surface area (Å²) in [4.78, 5) is 4.94. The summed E-state index contributed by atoms with van der Waals surface area (Å²) in [7, 11) is 0. The third-order valence-corrected chi connectivity index (χ3v) is 6.72. The summed E-state index contributed by atoms with van der Waals surface area (Å²) in [6.07, 6.45) is 3.35. The number of nitrogens with one attached hydrogen (secondary N) is 1. The van der Waals surface area contributed by atoms with Crippen molar-refractivity contribution in [3.05, 3.63) is 35.5 Å². The number of likely N-dealkylation sites (N-methyl/N-ethyl adjacent to an activating group) is 1. The summed E-state index contributed by atoms with van der Waals surface area (Å²) in [5.41, 5.74) is 4.49. The van der Waals surface area contributed by atoms with Crippen LogP contribution in [0.25, 0.3) is 10.9 Å². The smallest absolute Gasteiger partial charge is 0.0791 e. The highest BCUT2D eigenvalue weighted by Crippen LogP contribution is 2.42. The number of β-amino-alcohol motifs (C(OH)–C–C–N with tert-alkyl or cyclic N) is 1. The van der Waals surface area contributed by atoms with Crippen LogP contribution in [0.2, 0.25) is 0 Å². The van der Waals surface area contributed by atoms with E-state index in [1.54, 1.807) is 5.56 Å². The minimum absolute atomic E-state index is 0.307. The van der Waals surface area contributed by atoms with E-state index in [0.29, 0.717) is 12.6 Å². The Morgan fingerprint density at radius 3 is 2.86 bits per heavy atom. The van der Waals surface area contributed by atoms with Gasteiger partial charge in [0.1, 0.15) is 0 Å². The Labute approximate surface area is 169 Å². The minimum Gasteiger partial charge on any atom is -0.390 e. The van der Waals surface area contributed by atoms with Crippen molar-refractivity contribution in [1.82, 2.24) is 19.7 Å². The fourth-order valence-corrected chi connectivity index (χ4v) is 5.23. The molecule has 1 aliphatic carbocycles. The molecule has 0 amide bonds. The molecule has 2 unspecified atom stereocenters. The van der Waals surface area contributed by atoms with Crippen LogP contribution in [0.3, 0.4) is 0 Å². The lowest BCUT2D eigenvalue weighted by Crippen LogP contribution is -2.46. The summed E-state index contributed by atoms with van der Waals surface area (Å²) in [5, 5.41) is 15.5. The van der Waals surface area contributed by atoms with Crippen molar-refractivity contribution in [3.8, 4) is 0 Å². The molecule has 2 aliphatic rings. The maximum atomic E-state index is 10.6. The van der Waals surface area contributed by atoms with Crippen molar-refractivity contribution in [2.24, 2.45) is 0 Å². The van der Waals surface area contributed by atoms with E-state index in [2.05, 4.69) is 57.8 Å². The standard InChI is InChI=1S/C23H36N4O/c1-3-25(4-2)13-12-24-16-18(28)17-26-14-15-27-21-10-6-5-8-19(21)20-9-7-11-22(26)23(20)27/h5-6,8,10,18,22,24,28H,3-4,7,9,11-17H2,1-2H3. The van der Waals surface area contributed by atoms with Crippen LogP contribution in [0, 0.1) is 0 Å². The van der Waals surface area contributed by atoms with E-state index in [-0.39, 0.29) is 6.10 Å². The average molecular weight is 385 g/mol. The highest BCUT2D eigenvalue weighted by atomic mass is 16.3. The molecule has 154 valence electrons. The zero-order valence-corrected chi connectivity index (χ0v) is 17.5. The fourth-order valence-electron chi connectivity index (χ4n) is 5.23. The number of benzene rings is 1. The quantitative estimate of drug-likeness (QED) is 0.653. The lowest BCUT2D eigenvalue weighted by Gasteiger charge is -2.40. The van der Waals surface area contributed by atoms with Gasteiger partial charge in [-0.05, 0) is 44.0 Å². The number of aryl methyl sites for hydroxylation is 1. The molecule has 5 nitrogen and oxygen atoms in total. The van der Waals surface area contributed by atoms with Crippen LogP contribution < -0.4 is 5.32 Å². The molecular weight excluding hydrogens is 348 g/mol. The van der Waals surface area contributed by atoms with Gasteiger partial charge in [-0.2, -0.15) is 0 Å². The van der Waals surface area contributed by atoms with Gasteiger partial charge in [0.2, 0.25) is 0 Å². The third-order valence-electron chi connectivity index (χ3n) is 6.72. The lowest BCUT2D eigenvalue weighted by atomic mass is 9.89. The fraction of sp³-hybridized carbons (Fsp3) is 0.652. The lowest BCUT2D eigenvalue weighted by molar-refractivity contribution is 0.0638. The van der Waals surface area contributed by atoms with Gasteiger partial charge in [-0.25, -0.2) is 0 Å². The van der Waals surface area contributed by atoms with Crippen LogP contribution in [0.15, 0.2) is 24.3 Å². The summed E-state index contributed by atoms with van der Waals surface area (Å²) in [6.45, 7) is 12.1. The van der Waals surface area contributed by atoms with E-state index in [1.807, 2.05) is 0 Å². The molecule has 1 aromatic heterocycles. The molecule has 1 aromatic carbocycles. The predicted octanol–water partition coefficient (Wildman–Crippen LogP) is 2.63. The van der Waals surface area contributed by atoms with Gasteiger partial charge in [0, 0.05) is 55.9 Å². The third kappa shape index (κ3) is 3.86. The Balaban J connectivity index is 1.38. The first kappa shape index (κ1) is 19.9. The normalized spacial score (nSPS) is 20.6. The molecular formula is C23H36N4O. The Kier molecular flexibility index (Phi) is 6.36. The van der Waals surface area contributed by atoms with E-state index >= 15 is 0 Å². The second-order valence-corrected chi connectivity index (χ2v) is 8.32. The van der Waals surface area contributed by atoms with Crippen molar-refractivity contribution in [1.29, 1.82) is 0 Å². The Bertz CT molecular complexity index is 749. The summed E-state index contributed by atoms with van der Waals surface area (Å²) < 4.78 is 2.56. The zero-order chi connectivity index (χ0) is 19.5. The van der Waals surface area contributed by atoms with E-state index in [0.717, 1.165) is 45.8 Å². The highest BCUT2D eigenvalue weighted by Gasteiger charge is 2.35. The molecule has 2 atom stereocenters. The van der Waals surface area contributed by atoms with E-state index in [1.165, 1.54) is 35.9 Å². The van der Waals surface area contributed by atoms with Crippen LogP contribution in [0.4, 0.5) is 0 Å². The molecule has 1 aliphatic heterocycles. The Morgan fingerprint density at radius 1 is 1.21 bits per heavy atom. The molecule has 0 saturated carbocycles. The van der Waals surface area contributed by atoms with Gasteiger partial charge in [-0.15, -0.1) is 0 Å². The van der Waals surface area contributed by atoms with Crippen LogP contribution in [0.1, 0.15) is 44.0 Å². The zero-order valence-electron chi connectivity index (χ0n) is 17.5. The maximum absolute atomic E-state index is 10.6. The van der Waals surface area contributed by atoms with Gasteiger partial charge in [0.05, 0.1) is 12.1 Å². The van der Waals surface area contributed by atoms with Crippen molar-refractivity contribution in [3.63, 3.8) is 0 Å². The number of aliphatic hydroxyl groups is 1. The van der Waals surface area contributed by atoms with E-state index in [9.17, 15) is 5.11 Å². The monoisotopic (exact) mass is 384 g/mol. The molecule has 0 bridgehead atoms. The van der Waals surface area contributed by atoms with Gasteiger partial charge in [-0.3, -0.25) is 4.90 Å². The van der Waals surface area contributed by atoms with Crippen LogP contribution in [-0.2, 0) is 13.0 Å². The van der Waals surface area contributed by atoms with Crippen molar-refractivity contribution in [2.75, 3.05) is 45.8 Å². The topological polar surface area (TPSA) is 43.7 Å². The molecule has 0 saturated heterocycles. The number of nitrogens with zero attached hydrogens (tertiary/aromatic N) is 3.